The number of aromatic nitrogens is 1. The van der Waals surface area contributed by atoms with Gasteiger partial charge in [-0.1, -0.05) is 29.8 Å². The largest absolute Gasteiger partial charge is 0.507 e. The molecule has 0 saturated carbocycles. The average Bonchev–Trinajstić information content (AvgIpc) is 3.31. The zero-order valence-electron chi connectivity index (χ0n) is 16.7. The van der Waals surface area contributed by atoms with Gasteiger partial charge in [-0.2, -0.15) is 0 Å². The fraction of sp³-hybridized carbons (Fsp3) is 0.0833. The summed E-state index contributed by atoms with van der Waals surface area (Å²) in [6, 6.07) is 16.2. The third-order valence-electron chi connectivity index (χ3n) is 5.23. The number of phenolic OH excluding ortho intramolecular Hbond substituents is 1. The van der Waals surface area contributed by atoms with Gasteiger partial charge < -0.3 is 14.8 Å². The van der Waals surface area contributed by atoms with Crippen molar-refractivity contribution in [2.75, 3.05) is 5.32 Å². The number of aromatic hydroxyl groups is 1. The van der Waals surface area contributed by atoms with Crippen LogP contribution in [0, 0.1) is 13.8 Å². The van der Waals surface area contributed by atoms with Crippen LogP contribution < -0.4 is 5.32 Å². The lowest BCUT2D eigenvalue weighted by molar-refractivity contribution is 0.103. The number of anilines is 1. The number of nitrogens with one attached hydrogen (secondary N) is 1. The molecule has 0 unspecified atom stereocenters. The second kappa shape index (κ2) is 7.41. The molecule has 2 aromatic heterocycles. The molecule has 0 aliphatic rings. The molecule has 5 nitrogen and oxygen atoms in total. The fourth-order valence-electron chi connectivity index (χ4n) is 3.43. The number of rotatable bonds is 3. The van der Waals surface area contributed by atoms with Crippen molar-refractivity contribution < 1.29 is 14.3 Å². The van der Waals surface area contributed by atoms with E-state index in [2.05, 4.69) is 10.3 Å². The number of hydrogen-bond acceptors (Lipinski definition) is 5. The molecular formula is C24H17ClN2O3S. The molecule has 0 bridgehead atoms. The van der Waals surface area contributed by atoms with Crippen LogP contribution in [0.5, 0.6) is 5.75 Å². The minimum atomic E-state index is -0.313. The van der Waals surface area contributed by atoms with Crippen molar-refractivity contribution in [2.24, 2.45) is 0 Å². The van der Waals surface area contributed by atoms with Crippen molar-refractivity contribution in [3.63, 3.8) is 0 Å². The third-order valence-corrected chi connectivity index (χ3v) is 6.90. The maximum absolute atomic E-state index is 12.9. The Labute approximate surface area is 186 Å². The van der Waals surface area contributed by atoms with Gasteiger partial charge in [0.05, 0.1) is 10.6 Å². The van der Waals surface area contributed by atoms with Crippen LogP contribution in [0.4, 0.5) is 5.69 Å². The molecule has 0 fully saturated rings. The first-order chi connectivity index (χ1) is 14.9. The number of halogens is 1. The molecule has 0 saturated heterocycles. The summed E-state index contributed by atoms with van der Waals surface area (Å²) in [7, 11) is 0. The lowest BCUT2D eigenvalue weighted by atomic mass is 10.1. The monoisotopic (exact) mass is 448 g/mol. The highest BCUT2D eigenvalue weighted by Crippen LogP contribution is 2.37. The Bertz CT molecular complexity index is 1450. The molecule has 3 aromatic carbocycles. The van der Waals surface area contributed by atoms with Gasteiger partial charge in [-0.15, -0.1) is 11.3 Å². The van der Waals surface area contributed by atoms with Crippen molar-refractivity contribution in [3.05, 3.63) is 75.6 Å². The molecule has 2 N–H and O–H groups in total. The summed E-state index contributed by atoms with van der Waals surface area (Å²) in [4.78, 5) is 17.8. The van der Waals surface area contributed by atoms with Crippen LogP contribution in [0.3, 0.4) is 0 Å². The van der Waals surface area contributed by atoms with Gasteiger partial charge in [0, 0.05) is 15.8 Å². The topological polar surface area (TPSA) is 75.4 Å². The molecule has 0 radical (unpaired) electrons. The van der Waals surface area contributed by atoms with E-state index in [1.165, 1.54) is 17.4 Å². The Morgan fingerprint density at radius 1 is 1.10 bits per heavy atom. The number of fused-ring (bicyclic) bond motifs is 2. The quantitative estimate of drug-likeness (QED) is 0.293. The number of hydrogen-bond donors (Lipinski definition) is 2. The molecule has 0 atom stereocenters. The van der Waals surface area contributed by atoms with Crippen LogP contribution in [-0.2, 0) is 0 Å². The molecule has 1 amide bonds. The van der Waals surface area contributed by atoms with E-state index >= 15 is 0 Å². The summed E-state index contributed by atoms with van der Waals surface area (Å²) in [6.45, 7) is 4.01. The Morgan fingerprint density at radius 3 is 2.68 bits per heavy atom. The first kappa shape index (κ1) is 19.6. The van der Waals surface area contributed by atoms with E-state index in [9.17, 15) is 9.90 Å². The predicted molar refractivity (Wildman–Crippen MR) is 125 cm³/mol. The predicted octanol–water partition coefficient (Wildman–Crippen LogP) is 6.94. The lowest BCUT2D eigenvalue weighted by Crippen LogP contribution is -2.10. The number of nitrogens with zero attached hydrogens (tertiary/aromatic N) is 1. The molecule has 2 heterocycles. The highest BCUT2D eigenvalue weighted by atomic mass is 35.5. The van der Waals surface area contributed by atoms with E-state index in [-0.39, 0.29) is 17.5 Å². The molecule has 0 spiro atoms. The van der Waals surface area contributed by atoms with Crippen molar-refractivity contribution in [2.45, 2.75) is 13.8 Å². The summed E-state index contributed by atoms with van der Waals surface area (Å²) >= 11 is 7.76. The van der Waals surface area contributed by atoms with E-state index in [1.54, 1.807) is 12.1 Å². The van der Waals surface area contributed by atoms with Crippen molar-refractivity contribution in [1.29, 1.82) is 0 Å². The van der Waals surface area contributed by atoms with Crippen molar-refractivity contribution >= 4 is 55.7 Å². The number of thiophene rings is 1. The van der Waals surface area contributed by atoms with E-state index in [0.717, 1.165) is 21.2 Å². The normalized spacial score (nSPS) is 11.3. The number of amides is 1. The maximum Gasteiger partial charge on any atom is 0.267 e. The summed E-state index contributed by atoms with van der Waals surface area (Å²) in [5, 5.41) is 14.5. The van der Waals surface area contributed by atoms with Gasteiger partial charge in [0.2, 0.25) is 5.89 Å². The second-order valence-electron chi connectivity index (χ2n) is 7.35. The Balaban J connectivity index is 1.50. The molecule has 5 aromatic rings. The molecule has 0 aliphatic heterocycles. The van der Waals surface area contributed by atoms with E-state index in [1.807, 2.05) is 50.2 Å². The van der Waals surface area contributed by atoms with Gasteiger partial charge in [0.15, 0.2) is 5.58 Å². The van der Waals surface area contributed by atoms with Gasteiger partial charge in [0.1, 0.15) is 16.1 Å². The fourth-order valence-corrected chi connectivity index (χ4v) is 4.84. The first-order valence-electron chi connectivity index (χ1n) is 9.60. The van der Waals surface area contributed by atoms with Crippen LogP contribution in [0.25, 0.3) is 32.6 Å². The Hall–Kier alpha value is -3.35. The van der Waals surface area contributed by atoms with Crippen LogP contribution in [0.15, 0.2) is 59.0 Å². The summed E-state index contributed by atoms with van der Waals surface area (Å²) < 4.78 is 6.82. The molecule has 5 rings (SSSR count). The molecule has 0 aliphatic carbocycles. The van der Waals surface area contributed by atoms with Gasteiger partial charge in [-0.3, -0.25) is 4.79 Å². The minimum Gasteiger partial charge on any atom is -0.507 e. The van der Waals surface area contributed by atoms with E-state index in [0.29, 0.717) is 32.3 Å². The summed E-state index contributed by atoms with van der Waals surface area (Å²) in [5.74, 6) is -0.0157. The number of carbonyl (C=O) groups is 1. The van der Waals surface area contributed by atoms with Crippen LogP contribution in [0.2, 0.25) is 5.02 Å². The van der Waals surface area contributed by atoms with Gasteiger partial charge in [-0.05, 0) is 61.4 Å². The molecule has 154 valence electrons. The van der Waals surface area contributed by atoms with Crippen LogP contribution in [-0.4, -0.2) is 16.0 Å². The SMILES string of the molecule is Cc1cc2nc(-c3cc(NC(=O)c4sc5ccccc5c4Cl)ccc3O)oc2cc1C. The van der Waals surface area contributed by atoms with E-state index in [4.69, 9.17) is 16.0 Å². The van der Waals surface area contributed by atoms with Crippen LogP contribution >= 0.6 is 22.9 Å². The van der Waals surface area contributed by atoms with Gasteiger partial charge in [-0.25, -0.2) is 4.98 Å². The van der Waals surface area contributed by atoms with Crippen molar-refractivity contribution in [1.82, 2.24) is 4.98 Å². The highest BCUT2D eigenvalue weighted by molar-refractivity contribution is 7.21. The zero-order chi connectivity index (χ0) is 21.7. The standard InChI is InChI=1S/C24H17ClN2O3S/c1-12-9-17-19(10-13(12)2)30-24(27-17)16-11-14(7-8-18(16)28)26-23(29)22-21(25)15-5-3-4-6-20(15)31-22/h3-11,28H,1-2H3,(H,26,29). The zero-order valence-corrected chi connectivity index (χ0v) is 18.3. The Kier molecular flexibility index (Phi) is 4.68. The maximum atomic E-state index is 12.9. The number of benzene rings is 3. The number of oxazole rings is 1. The average molecular weight is 449 g/mol. The summed E-state index contributed by atoms with van der Waals surface area (Å²) in [6.07, 6.45) is 0. The molecule has 7 heteroatoms. The van der Waals surface area contributed by atoms with Gasteiger partial charge in [0.25, 0.3) is 5.91 Å². The smallest absolute Gasteiger partial charge is 0.267 e. The summed E-state index contributed by atoms with van der Waals surface area (Å²) in [5.41, 5.74) is 4.46. The highest BCUT2D eigenvalue weighted by Gasteiger charge is 2.19. The number of carbonyl (C=O) groups excluding carboxylic acids is 1. The first-order valence-corrected chi connectivity index (χ1v) is 10.8. The van der Waals surface area contributed by atoms with Crippen molar-refractivity contribution in [3.8, 4) is 17.2 Å². The minimum absolute atomic E-state index is 0.0119. The molecule has 31 heavy (non-hydrogen) atoms. The number of phenols is 1. The second-order valence-corrected chi connectivity index (χ2v) is 8.78. The Morgan fingerprint density at radius 2 is 1.87 bits per heavy atom. The third kappa shape index (κ3) is 3.44. The molecular weight excluding hydrogens is 432 g/mol. The van der Waals surface area contributed by atoms with Crippen LogP contribution in [0.1, 0.15) is 20.8 Å². The van der Waals surface area contributed by atoms with E-state index < -0.39 is 0 Å². The number of aryl methyl sites for hydroxylation is 2. The van der Waals surface area contributed by atoms with Gasteiger partial charge >= 0.3 is 0 Å². The lowest BCUT2D eigenvalue weighted by Gasteiger charge is -2.07.